The molecule has 1 aromatic rings. The molecule has 0 aliphatic rings. The SMILES string of the molecule is COc1cc(NC(C)C(OC)OC)ccc1C(=O)O. The van der Waals surface area contributed by atoms with Gasteiger partial charge in [-0.2, -0.15) is 0 Å². The van der Waals surface area contributed by atoms with Crippen LogP contribution in [0.5, 0.6) is 5.75 Å². The van der Waals surface area contributed by atoms with Crippen LogP contribution in [-0.2, 0) is 9.47 Å². The summed E-state index contributed by atoms with van der Waals surface area (Å²) >= 11 is 0. The zero-order chi connectivity index (χ0) is 14.4. The van der Waals surface area contributed by atoms with Crippen molar-refractivity contribution in [1.82, 2.24) is 0 Å². The fraction of sp³-hybridized carbons (Fsp3) is 0.462. The van der Waals surface area contributed by atoms with E-state index in [0.29, 0.717) is 5.75 Å². The number of ether oxygens (including phenoxy) is 3. The summed E-state index contributed by atoms with van der Waals surface area (Å²) in [6.45, 7) is 1.90. The van der Waals surface area contributed by atoms with Gasteiger partial charge in [-0.05, 0) is 19.1 Å². The Bertz CT molecular complexity index is 431. The van der Waals surface area contributed by atoms with Crippen LogP contribution in [0, 0.1) is 0 Å². The average Bonchev–Trinajstić information content (AvgIpc) is 2.39. The first-order valence-corrected chi connectivity index (χ1v) is 5.77. The molecule has 0 fully saturated rings. The molecule has 0 aromatic heterocycles. The Morgan fingerprint density at radius 3 is 2.37 bits per heavy atom. The third-order valence-corrected chi connectivity index (χ3v) is 2.70. The van der Waals surface area contributed by atoms with Gasteiger partial charge >= 0.3 is 5.97 Å². The topological polar surface area (TPSA) is 77.0 Å². The smallest absolute Gasteiger partial charge is 0.339 e. The predicted octanol–water partition coefficient (Wildman–Crippen LogP) is 1.81. The number of methoxy groups -OCH3 is 3. The summed E-state index contributed by atoms with van der Waals surface area (Å²) in [6.07, 6.45) is -0.398. The molecule has 1 atom stereocenters. The van der Waals surface area contributed by atoms with Crippen LogP contribution in [-0.4, -0.2) is 44.7 Å². The van der Waals surface area contributed by atoms with E-state index in [0.717, 1.165) is 5.69 Å². The number of carbonyl (C=O) groups is 1. The minimum Gasteiger partial charge on any atom is -0.496 e. The molecule has 6 heteroatoms. The lowest BCUT2D eigenvalue weighted by Gasteiger charge is -2.23. The highest BCUT2D eigenvalue weighted by Crippen LogP contribution is 2.24. The zero-order valence-electron chi connectivity index (χ0n) is 11.5. The first kappa shape index (κ1) is 15.3. The highest BCUT2D eigenvalue weighted by molar-refractivity contribution is 5.91. The molecule has 1 aromatic carbocycles. The van der Waals surface area contributed by atoms with E-state index in [9.17, 15) is 4.79 Å². The van der Waals surface area contributed by atoms with E-state index < -0.39 is 12.3 Å². The van der Waals surface area contributed by atoms with Crippen LogP contribution in [0.15, 0.2) is 18.2 Å². The number of carboxylic acids is 1. The molecular formula is C13H19NO5. The van der Waals surface area contributed by atoms with Crippen molar-refractivity contribution in [2.75, 3.05) is 26.6 Å². The summed E-state index contributed by atoms with van der Waals surface area (Å²) < 4.78 is 15.3. The summed E-state index contributed by atoms with van der Waals surface area (Å²) in [6, 6.07) is 4.69. The third-order valence-electron chi connectivity index (χ3n) is 2.70. The lowest BCUT2D eigenvalue weighted by molar-refractivity contribution is -0.109. The van der Waals surface area contributed by atoms with Crippen molar-refractivity contribution in [2.45, 2.75) is 19.3 Å². The molecule has 0 radical (unpaired) electrons. The van der Waals surface area contributed by atoms with Gasteiger partial charge in [0, 0.05) is 26.0 Å². The Hall–Kier alpha value is -1.79. The van der Waals surface area contributed by atoms with Gasteiger partial charge in [0.25, 0.3) is 0 Å². The number of carboxylic acid groups (broad SMARTS) is 1. The second-order valence-electron chi connectivity index (χ2n) is 3.99. The van der Waals surface area contributed by atoms with E-state index >= 15 is 0 Å². The molecule has 0 aliphatic carbocycles. The Balaban J connectivity index is 2.88. The summed E-state index contributed by atoms with van der Waals surface area (Å²) in [5, 5.41) is 12.2. The van der Waals surface area contributed by atoms with Gasteiger partial charge in [0.05, 0.1) is 13.2 Å². The summed E-state index contributed by atoms with van der Waals surface area (Å²) in [5.41, 5.74) is 0.851. The van der Waals surface area contributed by atoms with E-state index in [1.807, 2.05) is 6.92 Å². The summed E-state index contributed by atoms with van der Waals surface area (Å²) in [7, 11) is 4.54. The molecule has 0 saturated carbocycles. The zero-order valence-corrected chi connectivity index (χ0v) is 11.5. The van der Waals surface area contributed by atoms with Crippen LogP contribution in [0.25, 0.3) is 0 Å². The Kier molecular flexibility index (Phi) is 5.59. The highest BCUT2D eigenvalue weighted by Gasteiger charge is 2.17. The minimum absolute atomic E-state index is 0.101. The third kappa shape index (κ3) is 3.84. The second-order valence-corrected chi connectivity index (χ2v) is 3.99. The van der Waals surface area contributed by atoms with Crippen LogP contribution < -0.4 is 10.1 Å². The first-order chi connectivity index (χ1) is 9.03. The maximum atomic E-state index is 11.0. The predicted molar refractivity (Wildman–Crippen MR) is 70.8 cm³/mol. The van der Waals surface area contributed by atoms with Gasteiger partial charge in [0.15, 0.2) is 6.29 Å². The van der Waals surface area contributed by atoms with Gasteiger partial charge in [-0.15, -0.1) is 0 Å². The highest BCUT2D eigenvalue weighted by atomic mass is 16.7. The molecule has 1 unspecified atom stereocenters. The van der Waals surface area contributed by atoms with Gasteiger partial charge in [-0.25, -0.2) is 4.79 Å². The molecule has 0 spiro atoms. The van der Waals surface area contributed by atoms with Crippen LogP contribution in [0.1, 0.15) is 17.3 Å². The number of benzene rings is 1. The molecule has 6 nitrogen and oxygen atoms in total. The fourth-order valence-electron chi connectivity index (χ4n) is 1.79. The van der Waals surface area contributed by atoms with Gasteiger partial charge in [-0.1, -0.05) is 0 Å². The van der Waals surface area contributed by atoms with Crippen molar-refractivity contribution in [3.63, 3.8) is 0 Å². The average molecular weight is 269 g/mol. The molecule has 0 saturated heterocycles. The molecular weight excluding hydrogens is 250 g/mol. The van der Waals surface area contributed by atoms with E-state index in [-0.39, 0.29) is 11.6 Å². The van der Waals surface area contributed by atoms with Gasteiger partial charge < -0.3 is 24.6 Å². The van der Waals surface area contributed by atoms with E-state index in [4.69, 9.17) is 19.3 Å². The molecule has 2 N–H and O–H groups in total. The van der Waals surface area contributed by atoms with Crippen LogP contribution >= 0.6 is 0 Å². The lowest BCUT2D eigenvalue weighted by Crippen LogP contribution is -2.33. The Morgan fingerprint density at radius 1 is 1.26 bits per heavy atom. The summed E-state index contributed by atoms with van der Waals surface area (Å²) in [4.78, 5) is 11.0. The van der Waals surface area contributed by atoms with Crippen molar-refractivity contribution in [3.8, 4) is 5.75 Å². The number of nitrogens with one attached hydrogen (secondary N) is 1. The van der Waals surface area contributed by atoms with Crippen LogP contribution in [0.4, 0.5) is 5.69 Å². The lowest BCUT2D eigenvalue weighted by atomic mass is 10.1. The standard InChI is InChI=1S/C13H19NO5/c1-8(13(18-3)19-4)14-9-5-6-10(12(15)16)11(7-9)17-2/h5-8,13-14H,1-4H3,(H,15,16). The van der Waals surface area contributed by atoms with Crippen LogP contribution in [0.2, 0.25) is 0 Å². The normalized spacial score (nSPS) is 12.3. The maximum Gasteiger partial charge on any atom is 0.339 e. The molecule has 0 aliphatic heterocycles. The van der Waals surface area contributed by atoms with Crippen molar-refractivity contribution in [2.24, 2.45) is 0 Å². The first-order valence-electron chi connectivity index (χ1n) is 5.77. The number of aromatic carboxylic acids is 1. The van der Waals surface area contributed by atoms with Crippen molar-refractivity contribution < 1.29 is 24.1 Å². The van der Waals surface area contributed by atoms with Gasteiger partial charge in [-0.3, -0.25) is 0 Å². The van der Waals surface area contributed by atoms with Crippen LogP contribution in [0.3, 0.4) is 0 Å². The fourth-order valence-corrected chi connectivity index (χ4v) is 1.79. The molecule has 0 heterocycles. The quantitative estimate of drug-likeness (QED) is 0.735. The summed E-state index contributed by atoms with van der Waals surface area (Å²) in [5.74, 6) is -0.723. The number of hydrogen-bond donors (Lipinski definition) is 2. The number of anilines is 1. The van der Waals surface area contributed by atoms with Gasteiger partial charge in [0.2, 0.25) is 0 Å². The maximum absolute atomic E-state index is 11.0. The molecule has 1 rings (SSSR count). The van der Waals surface area contributed by atoms with Crippen molar-refractivity contribution in [3.05, 3.63) is 23.8 Å². The number of hydrogen-bond acceptors (Lipinski definition) is 5. The second kappa shape index (κ2) is 6.96. The monoisotopic (exact) mass is 269 g/mol. The van der Waals surface area contributed by atoms with Gasteiger partial charge in [0.1, 0.15) is 11.3 Å². The van der Waals surface area contributed by atoms with E-state index in [1.165, 1.54) is 13.2 Å². The molecule has 19 heavy (non-hydrogen) atoms. The van der Waals surface area contributed by atoms with Crippen molar-refractivity contribution in [1.29, 1.82) is 0 Å². The Labute approximate surface area is 112 Å². The Morgan fingerprint density at radius 2 is 1.89 bits per heavy atom. The largest absolute Gasteiger partial charge is 0.496 e. The molecule has 106 valence electrons. The minimum atomic E-state index is -1.02. The van der Waals surface area contributed by atoms with Crippen molar-refractivity contribution >= 4 is 11.7 Å². The number of rotatable bonds is 7. The van der Waals surface area contributed by atoms with E-state index in [1.54, 1.807) is 26.4 Å². The van der Waals surface area contributed by atoms with E-state index in [2.05, 4.69) is 5.32 Å². The molecule has 0 bridgehead atoms. The molecule has 0 amide bonds.